The summed E-state index contributed by atoms with van der Waals surface area (Å²) in [6.07, 6.45) is 0.808. The molecule has 160 valence electrons. The van der Waals surface area contributed by atoms with Crippen LogP contribution in [0.3, 0.4) is 0 Å². The van der Waals surface area contributed by atoms with Crippen molar-refractivity contribution in [1.82, 2.24) is 10.2 Å². The van der Waals surface area contributed by atoms with E-state index in [4.69, 9.17) is 4.74 Å². The molecule has 0 aliphatic carbocycles. The van der Waals surface area contributed by atoms with E-state index >= 15 is 0 Å². The average molecular weight is 413 g/mol. The number of rotatable bonds is 5. The first-order valence-electron chi connectivity index (χ1n) is 10.4. The molecule has 2 atom stereocenters. The van der Waals surface area contributed by atoms with E-state index in [1.165, 1.54) is 12.1 Å². The second kappa shape index (κ2) is 9.74. The number of benzene rings is 2. The van der Waals surface area contributed by atoms with Gasteiger partial charge in [0.15, 0.2) is 0 Å². The number of carbonyl (C=O) groups excluding carboxylic acids is 2. The van der Waals surface area contributed by atoms with Gasteiger partial charge in [-0.15, -0.1) is 0 Å². The Kier molecular flexibility index (Phi) is 7.08. The fourth-order valence-electron chi connectivity index (χ4n) is 3.79. The summed E-state index contributed by atoms with van der Waals surface area (Å²) < 4.78 is 19.2. The third-order valence-corrected chi connectivity index (χ3v) is 5.50. The molecule has 0 spiro atoms. The molecule has 2 amide bonds. The van der Waals surface area contributed by atoms with Gasteiger partial charge in [0.1, 0.15) is 12.4 Å². The van der Waals surface area contributed by atoms with Crippen molar-refractivity contribution in [2.45, 2.75) is 52.3 Å². The minimum absolute atomic E-state index is 0.00492. The van der Waals surface area contributed by atoms with Crippen LogP contribution in [0, 0.1) is 18.7 Å². The van der Waals surface area contributed by atoms with Crippen molar-refractivity contribution in [2.24, 2.45) is 5.92 Å². The summed E-state index contributed by atoms with van der Waals surface area (Å²) in [5, 5.41) is 3.07. The Labute approximate surface area is 177 Å². The van der Waals surface area contributed by atoms with Gasteiger partial charge in [-0.05, 0) is 48.6 Å². The van der Waals surface area contributed by atoms with Crippen LogP contribution in [0.4, 0.5) is 9.18 Å². The predicted molar refractivity (Wildman–Crippen MR) is 113 cm³/mol. The van der Waals surface area contributed by atoms with Gasteiger partial charge in [-0.3, -0.25) is 4.79 Å². The Balaban J connectivity index is 1.78. The molecule has 0 radical (unpaired) electrons. The number of nitrogens with zero attached hydrogens (tertiary/aromatic N) is 1. The molecule has 6 heteroatoms. The summed E-state index contributed by atoms with van der Waals surface area (Å²) >= 11 is 0. The minimum Gasteiger partial charge on any atom is -0.445 e. The van der Waals surface area contributed by atoms with Crippen molar-refractivity contribution in [3.05, 3.63) is 71.0 Å². The zero-order chi connectivity index (χ0) is 21.7. The molecule has 1 aliphatic rings. The van der Waals surface area contributed by atoms with Gasteiger partial charge in [-0.2, -0.15) is 0 Å². The highest BCUT2D eigenvalue weighted by Crippen LogP contribution is 2.34. The van der Waals surface area contributed by atoms with Gasteiger partial charge >= 0.3 is 6.09 Å². The fraction of sp³-hybridized carbons (Fsp3) is 0.417. The van der Waals surface area contributed by atoms with E-state index < -0.39 is 6.09 Å². The van der Waals surface area contributed by atoms with Crippen LogP contribution in [-0.4, -0.2) is 29.5 Å². The highest BCUT2D eigenvalue weighted by molar-refractivity contribution is 5.78. The van der Waals surface area contributed by atoms with Gasteiger partial charge < -0.3 is 15.0 Å². The molecule has 30 heavy (non-hydrogen) atoms. The minimum atomic E-state index is -0.402. The summed E-state index contributed by atoms with van der Waals surface area (Å²) in [5.74, 6) is -0.422. The molecule has 3 rings (SSSR count). The van der Waals surface area contributed by atoms with Crippen LogP contribution in [0.1, 0.15) is 49.4 Å². The molecule has 2 aromatic rings. The number of likely N-dealkylation sites (tertiary alicyclic amines) is 1. The van der Waals surface area contributed by atoms with E-state index in [0.29, 0.717) is 19.4 Å². The second-order valence-corrected chi connectivity index (χ2v) is 8.13. The van der Waals surface area contributed by atoms with Crippen LogP contribution in [0.15, 0.2) is 48.5 Å². The van der Waals surface area contributed by atoms with Crippen LogP contribution < -0.4 is 5.32 Å². The van der Waals surface area contributed by atoms with Crippen molar-refractivity contribution in [2.75, 3.05) is 6.54 Å². The van der Waals surface area contributed by atoms with Gasteiger partial charge in [0.25, 0.3) is 0 Å². The van der Waals surface area contributed by atoms with E-state index in [-0.39, 0.29) is 36.3 Å². The standard InChI is InChI=1S/C24H29FN2O3/c1-16(2)23(28)26-20-11-12-27(24(29)30-15-18-7-5-4-6-8-18)22(14-20)21-10-9-19(25)13-17(21)3/h4-10,13,16,20,22H,11-12,14-15H2,1-3H3,(H,26,28)/t20-,22?/m0/s1. The summed E-state index contributed by atoms with van der Waals surface area (Å²) in [5.41, 5.74) is 2.56. The number of piperidine rings is 1. The van der Waals surface area contributed by atoms with Gasteiger partial charge in [0.2, 0.25) is 5.91 Å². The molecule has 2 aromatic carbocycles. The highest BCUT2D eigenvalue weighted by atomic mass is 19.1. The Hall–Kier alpha value is -2.89. The number of carbonyl (C=O) groups is 2. The molecule has 1 saturated heterocycles. The Morgan fingerprint density at radius 1 is 1.20 bits per heavy atom. The van der Waals surface area contributed by atoms with Gasteiger partial charge in [0, 0.05) is 18.5 Å². The summed E-state index contributed by atoms with van der Waals surface area (Å²) in [4.78, 5) is 26.8. The van der Waals surface area contributed by atoms with E-state index in [9.17, 15) is 14.0 Å². The van der Waals surface area contributed by atoms with Gasteiger partial charge in [-0.25, -0.2) is 9.18 Å². The maximum absolute atomic E-state index is 13.7. The number of amides is 2. The zero-order valence-electron chi connectivity index (χ0n) is 17.7. The van der Waals surface area contributed by atoms with E-state index in [0.717, 1.165) is 16.7 Å². The van der Waals surface area contributed by atoms with Crippen molar-refractivity contribution < 1.29 is 18.7 Å². The average Bonchev–Trinajstić information content (AvgIpc) is 2.72. The van der Waals surface area contributed by atoms with Gasteiger partial charge in [0.05, 0.1) is 6.04 Å². The third-order valence-electron chi connectivity index (χ3n) is 5.50. The topological polar surface area (TPSA) is 58.6 Å². The SMILES string of the molecule is Cc1cc(F)ccc1C1C[C@@H](NC(=O)C(C)C)CCN1C(=O)OCc1ccccc1. The van der Waals surface area contributed by atoms with Gasteiger partial charge in [-0.1, -0.05) is 50.2 Å². The molecule has 0 saturated carbocycles. The number of halogens is 1. The largest absolute Gasteiger partial charge is 0.445 e. The van der Waals surface area contributed by atoms with Crippen molar-refractivity contribution in [3.63, 3.8) is 0 Å². The lowest BCUT2D eigenvalue weighted by atomic mass is 9.89. The molecule has 1 heterocycles. The lowest BCUT2D eigenvalue weighted by molar-refractivity contribution is -0.125. The first kappa shape index (κ1) is 21.8. The van der Waals surface area contributed by atoms with Crippen molar-refractivity contribution >= 4 is 12.0 Å². The maximum atomic E-state index is 13.7. The molecule has 0 aromatic heterocycles. The van der Waals surface area contributed by atoms with Crippen molar-refractivity contribution in [3.8, 4) is 0 Å². The van der Waals surface area contributed by atoms with Crippen LogP contribution in [0.25, 0.3) is 0 Å². The number of nitrogens with one attached hydrogen (secondary N) is 1. The predicted octanol–water partition coefficient (Wildman–Crippen LogP) is 4.75. The number of aryl methyl sites for hydroxylation is 1. The monoisotopic (exact) mass is 412 g/mol. The lowest BCUT2D eigenvalue weighted by Crippen LogP contribution is -2.49. The third kappa shape index (κ3) is 5.38. The second-order valence-electron chi connectivity index (χ2n) is 8.13. The molecule has 0 bridgehead atoms. The maximum Gasteiger partial charge on any atom is 0.410 e. The van der Waals surface area contributed by atoms with Crippen LogP contribution in [-0.2, 0) is 16.1 Å². The summed E-state index contributed by atoms with van der Waals surface area (Å²) in [7, 11) is 0. The summed E-state index contributed by atoms with van der Waals surface area (Å²) in [6, 6.07) is 13.8. The van der Waals surface area contributed by atoms with Crippen LogP contribution in [0.5, 0.6) is 0 Å². The normalized spacial score (nSPS) is 18.9. The highest BCUT2D eigenvalue weighted by Gasteiger charge is 2.35. The zero-order valence-corrected chi connectivity index (χ0v) is 17.7. The Morgan fingerprint density at radius 2 is 1.93 bits per heavy atom. The van der Waals surface area contributed by atoms with Crippen molar-refractivity contribution in [1.29, 1.82) is 0 Å². The van der Waals surface area contributed by atoms with E-state index in [1.807, 2.05) is 51.1 Å². The number of hydrogen-bond donors (Lipinski definition) is 1. The molecule has 1 fully saturated rings. The Morgan fingerprint density at radius 3 is 2.60 bits per heavy atom. The molecular weight excluding hydrogens is 383 g/mol. The molecule has 1 unspecified atom stereocenters. The number of ether oxygens (including phenoxy) is 1. The van der Waals surface area contributed by atoms with E-state index in [1.54, 1.807) is 11.0 Å². The summed E-state index contributed by atoms with van der Waals surface area (Å²) in [6.45, 7) is 6.19. The first-order chi connectivity index (χ1) is 14.3. The Bertz CT molecular complexity index is 885. The van der Waals surface area contributed by atoms with Crippen LogP contribution >= 0.6 is 0 Å². The van der Waals surface area contributed by atoms with Crippen LogP contribution in [0.2, 0.25) is 0 Å². The smallest absolute Gasteiger partial charge is 0.410 e. The first-order valence-corrected chi connectivity index (χ1v) is 10.4. The fourth-order valence-corrected chi connectivity index (χ4v) is 3.79. The van der Waals surface area contributed by atoms with E-state index in [2.05, 4.69) is 5.32 Å². The molecule has 5 nitrogen and oxygen atoms in total. The number of hydrogen-bond acceptors (Lipinski definition) is 3. The molecule has 1 aliphatic heterocycles. The quantitative estimate of drug-likeness (QED) is 0.771. The lowest BCUT2D eigenvalue weighted by Gasteiger charge is -2.40. The molecular formula is C24H29FN2O3. The molecule has 1 N–H and O–H groups in total.